The van der Waals surface area contributed by atoms with Gasteiger partial charge in [-0.3, -0.25) is 9.69 Å². The molecule has 29 heavy (non-hydrogen) atoms. The molecule has 0 saturated carbocycles. The zero-order chi connectivity index (χ0) is 20.1. The van der Waals surface area contributed by atoms with Crippen LogP contribution in [0.5, 0.6) is 5.75 Å². The lowest BCUT2D eigenvalue weighted by molar-refractivity contribution is 0.0986. The molecular weight excluding hydrogens is 429 g/mol. The van der Waals surface area contributed by atoms with E-state index in [2.05, 4.69) is 4.90 Å². The van der Waals surface area contributed by atoms with Gasteiger partial charge in [-0.15, -0.1) is 12.4 Å². The first-order chi connectivity index (χ1) is 13.5. The zero-order valence-electron chi connectivity index (χ0n) is 16.7. The maximum Gasteiger partial charge on any atom is 0.260 e. The highest BCUT2D eigenvalue weighted by molar-refractivity contribution is 7.22. The van der Waals surface area contributed by atoms with Gasteiger partial charge < -0.3 is 9.64 Å². The van der Waals surface area contributed by atoms with E-state index >= 15 is 0 Å². The Bertz CT molecular complexity index is 945. The maximum atomic E-state index is 13.2. The van der Waals surface area contributed by atoms with Crippen LogP contribution in [0.4, 0.5) is 5.13 Å². The van der Waals surface area contributed by atoms with Crippen molar-refractivity contribution in [2.45, 2.75) is 13.3 Å². The van der Waals surface area contributed by atoms with E-state index in [9.17, 15) is 4.79 Å². The first-order valence-electron chi connectivity index (χ1n) is 9.23. The molecule has 0 aliphatic rings. The summed E-state index contributed by atoms with van der Waals surface area (Å²) in [6.07, 6.45) is 0.854. The van der Waals surface area contributed by atoms with Crippen LogP contribution in [-0.2, 0) is 0 Å². The van der Waals surface area contributed by atoms with Crippen molar-refractivity contribution in [2.24, 2.45) is 0 Å². The van der Waals surface area contributed by atoms with E-state index in [0.29, 0.717) is 28.9 Å². The average molecular weight is 454 g/mol. The standard InChI is InChI=1S/C21H24ClN3O2S.ClH/c1-4-27-17-10-11-18-19(14-17)28-21(23-18)25(13-5-12-24(2)3)20(26)15-6-8-16(22)9-7-15;/h6-11,14H,4-5,12-13H2,1-3H3;1H. The van der Waals surface area contributed by atoms with E-state index in [4.69, 9.17) is 21.3 Å². The number of ether oxygens (including phenoxy) is 1. The first kappa shape index (κ1) is 23.4. The third-order valence-corrected chi connectivity index (χ3v) is 5.51. The van der Waals surface area contributed by atoms with Crippen LogP contribution in [0.3, 0.4) is 0 Å². The Hall–Kier alpha value is -1.86. The van der Waals surface area contributed by atoms with Crippen molar-refractivity contribution in [2.75, 3.05) is 38.7 Å². The molecule has 1 heterocycles. The number of carbonyl (C=O) groups is 1. The Morgan fingerprint density at radius 2 is 1.86 bits per heavy atom. The van der Waals surface area contributed by atoms with Gasteiger partial charge in [0.25, 0.3) is 5.91 Å². The van der Waals surface area contributed by atoms with E-state index in [0.717, 1.165) is 28.9 Å². The van der Waals surface area contributed by atoms with E-state index in [1.165, 1.54) is 11.3 Å². The number of anilines is 1. The molecular formula is C21H25Cl2N3O2S. The van der Waals surface area contributed by atoms with E-state index in [1.807, 2.05) is 39.2 Å². The summed E-state index contributed by atoms with van der Waals surface area (Å²) in [5.74, 6) is 0.743. The largest absolute Gasteiger partial charge is 0.494 e. The van der Waals surface area contributed by atoms with Crippen LogP contribution in [0.2, 0.25) is 5.02 Å². The Labute approximate surface area is 186 Å². The Balaban J connectivity index is 0.00000300. The average Bonchev–Trinajstić information content (AvgIpc) is 3.08. The van der Waals surface area contributed by atoms with Crippen LogP contribution in [0.1, 0.15) is 23.7 Å². The zero-order valence-corrected chi connectivity index (χ0v) is 19.1. The number of carbonyl (C=O) groups excluding carboxylic acids is 1. The van der Waals surface area contributed by atoms with Gasteiger partial charge >= 0.3 is 0 Å². The highest BCUT2D eigenvalue weighted by Gasteiger charge is 2.21. The molecule has 0 aliphatic heterocycles. The van der Waals surface area contributed by atoms with E-state index < -0.39 is 0 Å². The van der Waals surface area contributed by atoms with Crippen LogP contribution in [0.25, 0.3) is 10.2 Å². The molecule has 8 heteroatoms. The third-order valence-electron chi connectivity index (χ3n) is 4.21. The molecule has 5 nitrogen and oxygen atoms in total. The maximum absolute atomic E-state index is 13.2. The number of halogens is 2. The number of fused-ring (bicyclic) bond motifs is 1. The van der Waals surface area contributed by atoms with Crippen molar-refractivity contribution in [3.8, 4) is 5.75 Å². The number of hydrogen-bond acceptors (Lipinski definition) is 5. The molecule has 3 aromatic rings. The molecule has 0 unspecified atom stereocenters. The smallest absolute Gasteiger partial charge is 0.260 e. The number of thiazole rings is 1. The molecule has 0 saturated heterocycles. The van der Waals surface area contributed by atoms with Crippen molar-refractivity contribution < 1.29 is 9.53 Å². The van der Waals surface area contributed by atoms with Crippen LogP contribution in [0, 0.1) is 0 Å². The molecule has 0 bridgehead atoms. The normalized spacial score (nSPS) is 10.8. The minimum absolute atomic E-state index is 0. The molecule has 0 fully saturated rings. The summed E-state index contributed by atoms with van der Waals surface area (Å²) in [5, 5.41) is 1.31. The van der Waals surface area contributed by atoms with Crippen molar-refractivity contribution >= 4 is 56.6 Å². The van der Waals surface area contributed by atoms with Gasteiger partial charge in [0.05, 0.1) is 16.8 Å². The van der Waals surface area contributed by atoms with Crippen LogP contribution in [0.15, 0.2) is 42.5 Å². The molecule has 0 aliphatic carbocycles. The van der Waals surface area contributed by atoms with Gasteiger partial charge in [0.1, 0.15) is 5.75 Å². The Kier molecular flexibility index (Phi) is 8.71. The molecule has 156 valence electrons. The minimum Gasteiger partial charge on any atom is -0.494 e. The van der Waals surface area contributed by atoms with Gasteiger partial charge in [-0.25, -0.2) is 4.98 Å². The molecule has 1 amide bonds. The summed E-state index contributed by atoms with van der Waals surface area (Å²) < 4.78 is 6.59. The second-order valence-electron chi connectivity index (χ2n) is 6.68. The number of benzene rings is 2. The molecule has 0 spiro atoms. The number of amides is 1. The fraction of sp³-hybridized carbons (Fsp3) is 0.333. The quantitative estimate of drug-likeness (QED) is 0.459. The molecule has 3 rings (SSSR count). The molecule has 1 aromatic heterocycles. The predicted octanol–water partition coefficient (Wildman–Crippen LogP) is 5.37. The third kappa shape index (κ3) is 6.06. The monoisotopic (exact) mass is 453 g/mol. The minimum atomic E-state index is -0.0699. The van der Waals surface area contributed by atoms with Crippen molar-refractivity contribution in [1.29, 1.82) is 0 Å². The first-order valence-corrected chi connectivity index (χ1v) is 10.4. The van der Waals surface area contributed by atoms with Gasteiger partial charge in [0, 0.05) is 17.1 Å². The predicted molar refractivity (Wildman–Crippen MR) is 124 cm³/mol. The summed E-state index contributed by atoms with van der Waals surface area (Å²) in [5.41, 5.74) is 1.47. The second kappa shape index (κ2) is 10.8. The van der Waals surface area contributed by atoms with Gasteiger partial charge in [0.15, 0.2) is 5.13 Å². The molecule has 0 atom stereocenters. The topological polar surface area (TPSA) is 45.7 Å². The van der Waals surface area contributed by atoms with Gasteiger partial charge in [-0.2, -0.15) is 0 Å². The number of aromatic nitrogens is 1. The lowest BCUT2D eigenvalue weighted by Gasteiger charge is -2.21. The second-order valence-corrected chi connectivity index (χ2v) is 8.13. The van der Waals surface area contributed by atoms with E-state index in [-0.39, 0.29) is 18.3 Å². The SMILES string of the molecule is CCOc1ccc2nc(N(CCCN(C)C)C(=O)c3ccc(Cl)cc3)sc2c1.Cl. The lowest BCUT2D eigenvalue weighted by atomic mass is 10.2. The lowest BCUT2D eigenvalue weighted by Crippen LogP contribution is -2.33. The number of rotatable bonds is 8. The fourth-order valence-electron chi connectivity index (χ4n) is 2.84. The number of hydrogen-bond donors (Lipinski definition) is 0. The highest BCUT2D eigenvalue weighted by atomic mass is 35.5. The summed E-state index contributed by atoms with van der Waals surface area (Å²) in [6, 6.07) is 12.8. The van der Waals surface area contributed by atoms with E-state index in [1.54, 1.807) is 29.2 Å². The van der Waals surface area contributed by atoms with Gasteiger partial charge in [-0.05, 0) is 76.4 Å². The summed E-state index contributed by atoms with van der Waals surface area (Å²) >= 11 is 7.48. The number of nitrogens with zero attached hydrogens (tertiary/aromatic N) is 3. The summed E-state index contributed by atoms with van der Waals surface area (Å²) in [7, 11) is 4.05. The summed E-state index contributed by atoms with van der Waals surface area (Å²) in [4.78, 5) is 21.8. The van der Waals surface area contributed by atoms with Gasteiger partial charge in [-0.1, -0.05) is 22.9 Å². The molecule has 0 N–H and O–H groups in total. The van der Waals surface area contributed by atoms with Crippen LogP contribution >= 0.6 is 35.3 Å². The fourth-order valence-corrected chi connectivity index (χ4v) is 3.99. The van der Waals surface area contributed by atoms with Crippen molar-refractivity contribution in [3.05, 3.63) is 53.1 Å². The van der Waals surface area contributed by atoms with Crippen LogP contribution < -0.4 is 9.64 Å². The van der Waals surface area contributed by atoms with Crippen LogP contribution in [-0.4, -0.2) is 49.6 Å². The Morgan fingerprint density at radius 3 is 2.52 bits per heavy atom. The highest BCUT2D eigenvalue weighted by Crippen LogP contribution is 2.32. The molecule has 2 aromatic carbocycles. The van der Waals surface area contributed by atoms with Gasteiger partial charge in [0.2, 0.25) is 0 Å². The van der Waals surface area contributed by atoms with Crippen molar-refractivity contribution in [1.82, 2.24) is 9.88 Å². The molecule has 0 radical (unpaired) electrons. The summed E-state index contributed by atoms with van der Waals surface area (Å²) in [6.45, 7) is 4.06. The van der Waals surface area contributed by atoms with Crippen molar-refractivity contribution in [3.63, 3.8) is 0 Å². The Morgan fingerprint density at radius 1 is 1.14 bits per heavy atom.